The number of rotatable bonds is 5. The van der Waals surface area contributed by atoms with Crippen LogP contribution in [-0.4, -0.2) is 19.7 Å². The predicted octanol–water partition coefficient (Wildman–Crippen LogP) is 3.33. The first-order valence-electron chi connectivity index (χ1n) is 7.23. The molecule has 2 heteroatoms. The van der Waals surface area contributed by atoms with E-state index >= 15 is 0 Å². The summed E-state index contributed by atoms with van der Waals surface area (Å²) in [5.74, 6) is 2.72. The van der Waals surface area contributed by atoms with Crippen molar-refractivity contribution in [2.24, 2.45) is 5.92 Å². The van der Waals surface area contributed by atoms with Crippen LogP contribution in [0, 0.1) is 5.92 Å². The van der Waals surface area contributed by atoms with E-state index in [0.29, 0.717) is 5.92 Å². The molecule has 1 N–H and O–H groups in total. The molecule has 0 heterocycles. The van der Waals surface area contributed by atoms with E-state index in [0.717, 1.165) is 17.7 Å². The number of hydrogen-bond donors (Lipinski definition) is 1. The Balaban J connectivity index is 1.48. The summed E-state index contributed by atoms with van der Waals surface area (Å²) in [6.45, 7) is 1.24. The third kappa shape index (κ3) is 2.39. The molecule has 0 aliphatic heterocycles. The Morgan fingerprint density at radius 2 is 2.00 bits per heavy atom. The summed E-state index contributed by atoms with van der Waals surface area (Å²) in [7, 11) is 1.77. The zero-order valence-corrected chi connectivity index (χ0v) is 11.2. The molecule has 1 aromatic rings. The average Bonchev–Trinajstić information content (AvgIpc) is 2.30. The second-order valence-corrected chi connectivity index (χ2v) is 5.81. The Bertz CT molecular complexity index is 394. The average molecular weight is 245 g/mol. The van der Waals surface area contributed by atoms with Gasteiger partial charge in [0.2, 0.25) is 0 Å². The highest BCUT2D eigenvalue weighted by molar-refractivity contribution is 5.37. The summed E-state index contributed by atoms with van der Waals surface area (Å²) in [4.78, 5) is 0. The molecule has 2 nitrogen and oxygen atoms in total. The summed E-state index contributed by atoms with van der Waals surface area (Å²) in [6, 6.07) is 9.19. The Labute approximate surface area is 110 Å². The van der Waals surface area contributed by atoms with Crippen molar-refractivity contribution in [1.29, 1.82) is 0 Å². The van der Waals surface area contributed by atoms with Gasteiger partial charge in [-0.15, -0.1) is 0 Å². The Morgan fingerprint density at radius 3 is 2.67 bits per heavy atom. The molecule has 18 heavy (non-hydrogen) atoms. The molecular formula is C16H23NO. The molecule has 2 saturated carbocycles. The predicted molar refractivity (Wildman–Crippen MR) is 74.1 cm³/mol. The van der Waals surface area contributed by atoms with Crippen LogP contribution in [0.4, 0.5) is 0 Å². The van der Waals surface area contributed by atoms with Crippen LogP contribution in [0.1, 0.15) is 43.6 Å². The molecule has 3 rings (SSSR count). The third-order valence-corrected chi connectivity index (χ3v) is 4.64. The van der Waals surface area contributed by atoms with E-state index in [4.69, 9.17) is 4.74 Å². The lowest BCUT2D eigenvalue weighted by molar-refractivity contribution is 0.234. The number of hydrogen-bond acceptors (Lipinski definition) is 2. The Morgan fingerprint density at radius 1 is 1.22 bits per heavy atom. The van der Waals surface area contributed by atoms with E-state index in [-0.39, 0.29) is 0 Å². The molecule has 0 bridgehead atoms. The van der Waals surface area contributed by atoms with Gasteiger partial charge < -0.3 is 10.1 Å². The molecule has 0 unspecified atom stereocenters. The van der Waals surface area contributed by atoms with Crippen molar-refractivity contribution in [1.82, 2.24) is 5.32 Å². The minimum absolute atomic E-state index is 0.694. The maximum absolute atomic E-state index is 5.44. The maximum Gasteiger partial charge on any atom is 0.122 e. The van der Waals surface area contributed by atoms with Crippen LogP contribution in [-0.2, 0) is 0 Å². The fraction of sp³-hybridized carbons (Fsp3) is 0.625. The first-order chi connectivity index (χ1) is 8.86. The highest BCUT2D eigenvalue weighted by Crippen LogP contribution is 2.41. The summed E-state index contributed by atoms with van der Waals surface area (Å²) < 4.78 is 5.44. The molecule has 2 aliphatic carbocycles. The van der Waals surface area contributed by atoms with Gasteiger partial charge in [-0.1, -0.05) is 24.6 Å². The third-order valence-electron chi connectivity index (χ3n) is 4.64. The molecule has 0 spiro atoms. The van der Waals surface area contributed by atoms with Crippen LogP contribution in [0.15, 0.2) is 24.3 Å². The summed E-state index contributed by atoms with van der Waals surface area (Å²) >= 11 is 0. The fourth-order valence-corrected chi connectivity index (χ4v) is 3.07. The molecule has 0 amide bonds. The number of benzene rings is 1. The lowest BCUT2D eigenvalue weighted by atomic mass is 9.75. The Hall–Kier alpha value is -1.02. The van der Waals surface area contributed by atoms with Gasteiger partial charge in [0.1, 0.15) is 5.75 Å². The highest BCUT2D eigenvalue weighted by atomic mass is 16.5. The smallest absolute Gasteiger partial charge is 0.122 e. The first kappa shape index (κ1) is 12.0. The molecule has 2 aliphatic rings. The highest BCUT2D eigenvalue weighted by Gasteiger charge is 2.32. The van der Waals surface area contributed by atoms with Gasteiger partial charge in [-0.3, -0.25) is 0 Å². The van der Waals surface area contributed by atoms with E-state index in [1.807, 2.05) is 6.07 Å². The Kier molecular flexibility index (Phi) is 3.55. The molecule has 2 fully saturated rings. The van der Waals surface area contributed by atoms with Crippen molar-refractivity contribution in [3.63, 3.8) is 0 Å². The second kappa shape index (κ2) is 5.31. The van der Waals surface area contributed by atoms with E-state index in [1.165, 1.54) is 44.2 Å². The van der Waals surface area contributed by atoms with E-state index in [9.17, 15) is 0 Å². The van der Waals surface area contributed by atoms with Gasteiger partial charge in [0.25, 0.3) is 0 Å². The van der Waals surface area contributed by atoms with Crippen molar-refractivity contribution in [3.8, 4) is 5.75 Å². The van der Waals surface area contributed by atoms with Gasteiger partial charge in [0.05, 0.1) is 7.11 Å². The first-order valence-corrected chi connectivity index (χ1v) is 7.23. The summed E-state index contributed by atoms with van der Waals surface area (Å²) in [5.41, 5.74) is 1.39. The lowest BCUT2D eigenvalue weighted by Crippen LogP contribution is -2.43. The number of para-hydroxylation sites is 1. The van der Waals surface area contributed by atoms with Crippen LogP contribution in [0.25, 0.3) is 0 Å². The van der Waals surface area contributed by atoms with Gasteiger partial charge in [-0.25, -0.2) is 0 Å². The standard InChI is InChI=1S/C16H23NO/c1-18-16-8-3-2-7-15(16)13-9-14(10-13)17-11-12-5-4-6-12/h2-3,7-8,12-14,17H,4-6,9-11H2,1H3. The maximum atomic E-state index is 5.44. The van der Waals surface area contributed by atoms with Crippen LogP contribution in [0.5, 0.6) is 5.75 Å². The normalized spacial score (nSPS) is 27.4. The van der Waals surface area contributed by atoms with Crippen LogP contribution in [0.3, 0.4) is 0 Å². The molecular weight excluding hydrogens is 222 g/mol. The number of methoxy groups -OCH3 is 1. The number of ether oxygens (including phenoxy) is 1. The van der Waals surface area contributed by atoms with E-state index < -0.39 is 0 Å². The van der Waals surface area contributed by atoms with Gasteiger partial charge in [0, 0.05) is 6.04 Å². The second-order valence-electron chi connectivity index (χ2n) is 5.81. The van der Waals surface area contributed by atoms with Gasteiger partial charge >= 0.3 is 0 Å². The van der Waals surface area contributed by atoms with Crippen molar-refractivity contribution in [3.05, 3.63) is 29.8 Å². The van der Waals surface area contributed by atoms with Crippen LogP contribution < -0.4 is 10.1 Å². The monoisotopic (exact) mass is 245 g/mol. The zero-order valence-electron chi connectivity index (χ0n) is 11.2. The fourth-order valence-electron chi connectivity index (χ4n) is 3.07. The molecule has 0 atom stereocenters. The van der Waals surface area contributed by atoms with E-state index in [1.54, 1.807) is 7.11 Å². The summed E-state index contributed by atoms with van der Waals surface area (Å²) in [6.07, 6.45) is 6.87. The SMILES string of the molecule is COc1ccccc1C1CC(NCC2CCC2)C1. The molecule has 0 aromatic heterocycles. The van der Waals surface area contributed by atoms with Gasteiger partial charge in [0.15, 0.2) is 0 Å². The number of nitrogens with one attached hydrogen (secondary N) is 1. The van der Waals surface area contributed by atoms with Crippen LogP contribution in [0.2, 0.25) is 0 Å². The van der Waals surface area contributed by atoms with Gasteiger partial charge in [-0.2, -0.15) is 0 Å². The molecule has 0 radical (unpaired) electrons. The topological polar surface area (TPSA) is 21.3 Å². The van der Waals surface area contributed by atoms with E-state index in [2.05, 4.69) is 23.5 Å². The lowest BCUT2D eigenvalue weighted by Gasteiger charge is -2.38. The quantitative estimate of drug-likeness (QED) is 0.859. The molecule has 1 aromatic carbocycles. The van der Waals surface area contributed by atoms with Crippen LogP contribution >= 0.6 is 0 Å². The largest absolute Gasteiger partial charge is 0.496 e. The minimum Gasteiger partial charge on any atom is -0.496 e. The minimum atomic E-state index is 0.694. The van der Waals surface area contributed by atoms with Crippen molar-refractivity contribution >= 4 is 0 Å². The van der Waals surface area contributed by atoms with Crippen molar-refractivity contribution < 1.29 is 4.74 Å². The van der Waals surface area contributed by atoms with Crippen molar-refractivity contribution in [2.75, 3.05) is 13.7 Å². The molecule has 0 saturated heterocycles. The summed E-state index contributed by atoms with van der Waals surface area (Å²) in [5, 5.41) is 3.72. The zero-order chi connectivity index (χ0) is 12.4. The van der Waals surface area contributed by atoms with Gasteiger partial charge in [-0.05, 0) is 55.7 Å². The molecule has 98 valence electrons. The van der Waals surface area contributed by atoms with Crippen molar-refractivity contribution in [2.45, 2.75) is 44.1 Å².